The highest BCUT2D eigenvalue weighted by atomic mass is 19.1. The van der Waals surface area contributed by atoms with E-state index >= 15 is 0 Å². The summed E-state index contributed by atoms with van der Waals surface area (Å²) in [5.74, 6) is -0.355. The fourth-order valence-electron chi connectivity index (χ4n) is 3.57. The van der Waals surface area contributed by atoms with Crippen molar-refractivity contribution in [3.63, 3.8) is 0 Å². The Bertz CT molecular complexity index is 592. The highest BCUT2D eigenvalue weighted by molar-refractivity contribution is 5.79. The summed E-state index contributed by atoms with van der Waals surface area (Å²) in [5, 5.41) is 3.07. The second-order valence-electron chi connectivity index (χ2n) is 6.84. The number of carbonyl (C=O) groups is 1. The summed E-state index contributed by atoms with van der Waals surface area (Å²) in [6.07, 6.45) is 2.39. The van der Waals surface area contributed by atoms with E-state index < -0.39 is 11.6 Å². The van der Waals surface area contributed by atoms with Gasteiger partial charge in [-0.2, -0.15) is 0 Å². The molecule has 1 heterocycles. The number of hydrogen-bond donors (Lipinski definition) is 1. The Balaban J connectivity index is 1.57. The number of halogens is 2. The van der Waals surface area contributed by atoms with Crippen LogP contribution in [0, 0.1) is 23.5 Å². The van der Waals surface area contributed by atoms with Crippen molar-refractivity contribution in [2.75, 3.05) is 33.4 Å². The molecule has 1 saturated heterocycles. The van der Waals surface area contributed by atoms with Crippen molar-refractivity contribution < 1.29 is 18.3 Å². The van der Waals surface area contributed by atoms with Crippen molar-refractivity contribution in [2.45, 2.75) is 25.3 Å². The minimum absolute atomic E-state index is 0.0575. The number of nitrogens with zero attached hydrogens (tertiary/aromatic N) is 1. The van der Waals surface area contributed by atoms with Crippen LogP contribution >= 0.6 is 0 Å². The van der Waals surface area contributed by atoms with Crippen LogP contribution in [0.15, 0.2) is 18.2 Å². The lowest BCUT2D eigenvalue weighted by Crippen LogP contribution is -2.42. The molecule has 2 aliphatic rings. The van der Waals surface area contributed by atoms with E-state index in [0.717, 1.165) is 25.7 Å². The van der Waals surface area contributed by atoms with Crippen molar-refractivity contribution in [3.8, 4) is 0 Å². The van der Waals surface area contributed by atoms with Crippen LogP contribution in [0.2, 0.25) is 0 Å². The first-order valence-corrected chi connectivity index (χ1v) is 8.51. The van der Waals surface area contributed by atoms with Gasteiger partial charge in [0.25, 0.3) is 0 Å². The van der Waals surface area contributed by atoms with Crippen molar-refractivity contribution in [1.82, 2.24) is 10.2 Å². The molecular formula is C18H24F2N2O2. The molecule has 132 valence electrons. The maximum Gasteiger partial charge on any atom is 0.224 e. The molecule has 0 spiro atoms. The van der Waals surface area contributed by atoms with Gasteiger partial charge in [-0.05, 0) is 36.3 Å². The molecule has 2 fully saturated rings. The summed E-state index contributed by atoms with van der Waals surface area (Å²) in [5.41, 5.74) is 0.228. The van der Waals surface area contributed by atoms with Crippen LogP contribution in [0.3, 0.4) is 0 Å². The van der Waals surface area contributed by atoms with E-state index in [4.69, 9.17) is 4.74 Å². The molecular weight excluding hydrogens is 314 g/mol. The van der Waals surface area contributed by atoms with Crippen LogP contribution in [0.4, 0.5) is 8.78 Å². The predicted molar refractivity (Wildman–Crippen MR) is 86.5 cm³/mol. The Morgan fingerprint density at radius 1 is 1.33 bits per heavy atom. The van der Waals surface area contributed by atoms with E-state index in [-0.39, 0.29) is 23.9 Å². The maximum atomic E-state index is 13.7. The molecule has 1 aliphatic heterocycles. The number of methoxy groups -OCH3 is 1. The standard InChI is InChI=1S/C18H24F2N2O2/c1-24-7-6-22-10-15(12-2-3-12)17(11-22)21-18(23)8-13-4-5-14(19)9-16(13)20/h4-5,9,12,15,17H,2-3,6-8,10-11H2,1H3,(H,21,23)/t15-,17+/m1/s1. The average Bonchev–Trinajstić information content (AvgIpc) is 3.30. The lowest BCUT2D eigenvalue weighted by atomic mass is 9.98. The van der Waals surface area contributed by atoms with Crippen LogP contribution in [0.25, 0.3) is 0 Å². The van der Waals surface area contributed by atoms with Crippen LogP contribution in [0.5, 0.6) is 0 Å². The van der Waals surface area contributed by atoms with Gasteiger partial charge in [-0.25, -0.2) is 8.78 Å². The lowest BCUT2D eigenvalue weighted by molar-refractivity contribution is -0.121. The Labute approximate surface area is 141 Å². The largest absolute Gasteiger partial charge is 0.383 e. The number of likely N-dealkylation sites (tertiary alicyclic amines) is 1. The average molecular weight is 338 g/mol. The summed E-state index contributed by atoms with van der Waals surface area (Å²) >= 11 is 0. The summed E-state index contributed by atoms with van der Waals surface area (Å²) in [6, 6.07) is 3.44. The minimum atomic E-state index is -0.669. The van der Waals surface area contributed by atoms with E-state index in [1.165, 1.54) is 25.0 Å². The zero-order chi connectivity index (χ0) is 17.1. The van der Waals surface area contributed by atoms with E-state index in [2.05, 4.69) is 10.2 Å². The topological polar surface area (TPSA) is 41.6 Å². The lowest BCUT2D eigenvalue weighted by Gasteiger charge is -2.19. The number of rotatable bonds is 7. The predicted octanol–water partition coefficient (Wildman–Crippen LogP) is 1.98. The first kappa shape index (κ1) is 17.3. The van der Waals surface area contributed by atoms with Crippen molar-refractivity contribution in [2.24, 2.45) is 11.8 Å². The number of benzene rings is 1. The first-order valence-electron chi connectivity index (χ1n) is 8.51. The highest BCUT2D eigenvalue weighted by Gasteiger charge is 2.42. The molecule has 0 bridgehead atoms. The van der Waals surface area contributed by atoms with Gasteiger partial charge in [0.05, 0.1) is 13.0 Å². The maximum absolute atomic E-state index is 13.7. The second-order valence-corrected chi connectivity index (χ2v) is 6.84. The minimum Gasteiger partial charge on any atom is -0.383 e. The van der Waals surface area contributed by atoms with Crippen molar-refractivity contribution in [1.29, 1.82) is 0 Å². The van der Waals surface area contributed by atoms with E-state index in [1.54, 1.807) is 7.11 Å². The molecule has 0 unspecified atom stereocenters. The Morgan fingerprint density at radius 3 is 2.79 bits per heavy atom. The zero-order valence-electron chi connectivity index (χ0n) is 13.9. The van der Waals surface area contributed by atoms with Crippen LogP contribution in [-0.2, 0) is 16.0 Å². The Kier molecular flexibility index (Phi) is 5.46. The third-order valence-electron chi connectivity index (χ3n) is 4.99. The van der Waals surface area contributed by atoms with Crippen LogP contribution in [-0.4, -0.2) is 50.2 Å². The van der Waals surface area contributed by atoms with E-state index in [9.17, 15) is 13.6 Å². The third-order valence-corrected chi connectivity index (χ3v) is 4.99. The molecule has 1 aromatic rings. The summed E-state index contributed by atoms with van der Waals surface area (Å²) in [4.78, 5) is 14.6. The summed E-state index contributed by atoms with van der Waals surface area (Å²) in [6.45, 7) is 3.32. The SMILES string of the molecule is COCCN1C[C@H](NC(=O)Cc2ccc(F)cc2F)[C@@H](C2CC2)C1. The molecule has 1 aliphatic carbocycles. The van der Waals surface area contributed by atoms with Gasteiger partial charge in [-0.1, -0.05) is 6.07 Å². The number of nitrogens with one attached hydrogen (secondary N) is 1. The van der Waals surface area contributed by atoms with Crippen LogP contribution in [0.1, 0.15) is 18.4 Å². The molecule has 1 aromatic carbocycles. The summed E-state index contributed by atoms with van der Waals surface area (Å²) < 4.78 is 31.8. The molecule has 0 radical (unpaired) electrons. The molecule has 6 heteroatoms. The number of ether oxygens (including phenoxy) is 1. The van der Waals surface area contributed by atoms with Gasteiger partial charge < -0.3 is 10.1 Å². The van der Waals surface area contributed by atoms with Crippen molar-refractivity contribution in [3.05, 3.63) is 35.4 Å². The molecule has 2 atom stereocenters. The molecule has 1 saturated carbocycles. The van der Waals surface area contributed by atoms with Gasteiger partial charge in [-0.15, -0.1) is 0 Å². The van der Waals surface area contributed by atoms with Crippen LogP contribution < -0.4 is 5.32 Å². The highest BCUT2D eigenvalue weighted by Crippen LogP contribution is 2.41. The van der Waals surface area contributed by atoms with E-state index in [1.807, 2.05) is 0 Å². The second kappa shape index (κ2) is 7.57. The normalized spacial score (nSPS) is 24.3. The number of amides is 1. The van der Waals surface area contributed by atoms with Gasteiger partial charge >= 0.3 is 0 Å². The van der Waals surface area contributed by atoms with Gasteiger partial charge in [0.1, 0.15) is 11.6 Å². The molecule has 24 heavy (non-hydrogen) atoms. The van der Waals surface area contributed by atoms with Crippen molar-refractivity contribution >= 4 is 5.91 Å². The fourth-order valence-corrected chi connectivity index (χ4v) is 3.57. The molecule has 4 nitrogen and oxygen atoms in total. The van der Waals surface area contributed by atoms with Gasteiger partial charge in [0.15, 0.2) is 0 Å². The number of carbonyl (C=O) groups excluding carboxylic acids is 1. The fraction of sp³-hybridized carbons (Fsp3) is 0.611. The molecule has 3 rings (SSSR count). The zero-order valence-corrected chi connectivity index (χ0v) is 13.9. The quantitative estimate of drug-likeness (QED) is 0.827. The third kappa shape index (κ3) is 4.30. The van der Waals surface area contributed by atoms with E-state index in [0.29, 0.717) is 18.4 Å². The summed E-state index contributed by atoms with van der Waals surface area (Å²) in [7, 11) is 1.69. The monoisotopic (exact) mass is 338 g/mol. The van der Waals surface area contributed by atoms with Gasteiger partial charge in [-0.3, -0.25) is 9.69 Å². The number of hydrogen-bond acceptors (Lipinski definition) is 3. The van der Waals surface area contributed by atoms with Gasteiger partial charge in [0, 0.05) is 38.9 Å². The molecule has 1 N–H and O–H groups in total. The van der Waals surface area contributed by atoms with Gasteiger partial charge in [0.2, 0.25) is 5.91 Å². The molecule has 1 amide bonds. The Morgan fingerprint density at radius 2 is 2.12 bits per heavy atom. The first-order chi connectivity index (χ1) is 11.6. The smallest absolute Gasteiger partial charge is 0.224 e. The molecule has 0 aromatic heterocycles. The Hall–Kier alpha value is -1.53.